The van der Waals surface area contributed by atoms with Crippen molar-refractivity contribution >= 4 is 23.6 Å². The summed E-state index contributed by atoms with van der Waals surface area (Å²) in [5.41, 5.74) is 0.329. The van der Waals surface area contributed by atoms with E-state index in [1.54, 1.807) is 30.1 Å². The number of aromatic nitrogens is 1. The number of carbonyl (C=O) groups excluding carboxylic acids is 2. The Morgan fingerprint density at radius 1 is 1.14 bits per heavy atom. The van der Waals surface area contributed by atoms with Gasteiger partial charge in [-0.2, -0.15) is 0 Å². The van der Waals surface area contributed by atoms with Gasteiger partial charge in [0.15, 0.2) is 6.61 Å². The Bertz CT molecular complexity index is 605. The van der Waals surface area contributed by atoms with Crippen LogP contribution in [0.2, 0.25) is 0 Å². The molecule has 0 atom stereocenters. The molecule has 1 aromatic heterocycles. The number of benzene rings is 1. The van der Waals surface area contributed by atoms with Gasteiger partial charge in [-0.25, -0.2) is 4.79 Å². The van der Waals surface area contributed by atoms with Gasteiger partial charge in [0.05, 0.1) is 5.56 Å². The van der Waals surface area contributed by atoms with Crippen LogP contribution >= 0.6 is 11.8 Å². The molecule has 2 rings (SSSR count). The summed E-state index contributed by atoms with van der Waals surface area (Å²) in [6.45, 7) is 0.229. The number of hydrogen-bond donors (Lipinski definition) is 1. The molecule has 0 saturated carbocycles. The minimum Gasteiger partial charge on any atom is -0.452 e. The van der Waals surface area contributed by atoms with Gasteiger partial charge in [0.25, 0.3) is 5.91 Å². The number of esters is 1. The van der Waals surface area contributed by atoms with Gasteiger partial charge in [0, 0.05) is 29.6 Å². The highest BCUT2D eigenvalue weighted by atomic mass is 32.2. The molecule has 0 saturated heterocycles. The molecule has 0 aliphatic rings. The van der Waals surface area contributed by atoms with E-state index in [-0.39, 0.29) is 12.5 Å². The summed E-state index contributed by atoms with van der Waals surface area (Å²) in [6.07, 6.45) is 2.96. The molecule has 114 valence electrons. The number of hydrogen-bond acceptors (Lipinski definition) is 5. The third-order valence-corrected chi connectivity index (χ3v) is 3.68. The number of pyridine rings is 1. The molecule has 22 heavy (non-hydrogen) atoms. The Hall–Kier alpha value is -2.34. The number of thioether (sulfide) groups is 1. The van der Waals surface area contributed by atoms with E-state index in [9.17, 15) is 9.59 Å². The SMILES string of the molecule is O=C(COC(=O)c1cccnc1)NCCSc1ccccc1. The summed E-state index contributed by atoms with van der Waals surface area (Å²) in [7, 11) is 0. The summed E-state index contributed by atoms with van der Waals surface area (Å²) in [5.74, 6) is -0.112. The Balaban J connectivity index is 1.61. The van der Waals surface area contributed by atoms with Crippen molar-refractivity contribution in [2.45, 2.75) is 4.90 Å². The van der Waals surface area contributed by atoms with Gasteiger partial charge in [-0.15, -0.1) is 11.8 Å². The predicted molar refractivity (Wildman–Crippen MR) is 84.7 cm³/mol. The minimum atomic E-state index is -0.554. The molecule has 2 aromatic rings. The van der Waals surface area contributed by atoms with Crippen LogP contribution < -0.4 is 5.32 Å². The maximum atomic E-state index is 11.6. The molecule has 0 fully saturated rings. The first kappa shape index (κ1) is 16.0. The molecule has 0 unspecified atom stereocenters. The van der Waals surface area contributed by atoms with Crippen LogP contribution in [0, 0.1) is 0 Å². The van der Waals surface area contributed by atoms with Gasteiger partial charge >= 0.3 is 5.97 Å². The normalized spacial score (nSPS) is 10.0. The van der Waals surface area contributed by atoms with E-state index in [0.29, 0.717) is 12.1 Å². The average Bonchev–Trinajstić information content (AvgIpc) is 2.58. The molecule has 1 heterocycles. The second-order valence-corrected chi connectivity index (χ2v) is 5.50. The fraction of sp³-hybridized carbons (Fsp3) is 0.188. The third-order valence-electron chi connectivity index (χ3n) is 2.67. The largest absolute Gasteiger partial charge is 0.452 e. The average molecular weight is 316 g/mol. The van der Waals surface area contributed by atoms with Crippen LogP contribution in [-0.2, 0) is 9.53 Å². The molecule has 0 bridgehead atoms. The van der Waals surface area contributed by atoms with Crippen LogP contribution in [0.4, 0.5) is 0 Å². The highest BCUT2D eigenvalue weighted by Crippen LogP contribution is 2.15. The maximum Gasteiger partial charge on any atom is 0.340 e. The van der Waals surface area contributed by atoms with Gasteiger partial charge in [0.2, 0.25) is 0 Å². The van der Waals surface area contributed by atoms with Crippen LogP contribution in [0.1, 0.15) is 10.4 Å². The quantitative estimate of drug-likeness (QED) is 0.481. The van der Waals surface area contributed by atoms with Gasteiger partial charge < -0.3 is 10.1 Å². The zero-order chi connectivity index (χ0) is 15.6. The second kappa shape index (κ2) is 8.84. The predicted octanol–water partition coefficient (Wildman–Crippen LogP) is 2.15. The molecule has 1 N–H and O–H groups in total. The highest BCUT2D eigenvalue weighted by Gasteiger charge is 2.09. The standard InChI is InChI=1S/C16H16N2O3S/c19-15(12-21-16(20)13-5-4-8-17-11-13)18-9-10-22-14-6-2-1-3-7-14/h1-8,11H,9-10,12H2,(H,18,19). The minimum absolute atomic E-state index is 0.288. The van der Waals surface area contributed by atoms with Crippen molar-refractivity contribution in [1.29, 1.82) is 0 Å². The van der Waals surface area contributed by atoms with Crippen molar-refractivity contribution in [3.05, 3.63) is 60.4 Å². The smallest absolute Gasteiger partial charge is 0.340 e. The van der Waals surface area contributed by atoms with E-state index in [2.05, 4.69) is 10.3 Å². The maximum absolute atomic E-state index is 11.6. The van der Waals surface area contributed by atoms with Crippen molar-refractivity contribution in [2.24, 2.45) is 0 Å². The lowest BCUT2D eigenvalue weighted by molar-refractivity contribution is -0.124. The Morgan fingerprint density at radius 2 is 1.95 bits per heavy atom. The van der Waals surface area contributed by atoms with Crippen LogP contribution in [-0.4, -0.2) is 35.8 Å². The van der Waals surface area contributed by atoms with Crippen LogP contribution in [0.3, 0.4) is 0 Å². The Morgan fingerprint density at radius 3 is 2.68 bits per heavy atom. The van der Waals surface area contributed by atoms with E-state index in [1.165, 1.54) is 6.20 Å². The summed E-state index contributed by atoms with van der Waals surface area (Å²) in [4.78, 5) is 28.2. The first-order valence-electron chi connectivity index (χ1n) is 6.77. The van der Waals surface area contributed by atoms with Gasteiger partial charge in [-0.3, -0.25) is 9.78 Å². The lowest BCUT2D eigenvalue weighted by Crippen LogP contribution is -2.30. The lowest BCUT2D eigenvalue weighted by atomic mass is 10.3. The molecule has 0 spiro atoms. The Labute approximate surface area is 133 Å². The van der Waals surface area contributed by atoms with Gasteiger partial charge in [-0.05, 0) is 24.3 Å². The van der Waals surface area contributed by atoms with Crippen molar-refractivity contribution < 1.29 is 14.3 Å². The number of amides is 1. The van der Waals surface area contributed by atoms with Crippen molar-refractivity contribution in [1.82, 2.24) is 10.3 Å². The number of nitrogens with one attached hydrogen (secondary N) is 1. The van der Waals surface area contributed by atoms with Crippen molar-refractivity contribution in [3.8, 4) is 0 Å². The lowest BCUT2D eigenvalue weighted by Gasteiger charge is -2.06. The van der Waals surface area contributed by atoms with E-state index >= 15 is 0 Å². The molecule has 1 aromatic carbocycles. The first-order valence-corrected chi connectivity index (χ1v) is 7.76. The van der Waals surface area contributed by atoms with Crippen LogP contribution in [0.5, 0.6) is 0 Å². The zero-order valence-corrected chi connectivity index (χ0v) is 12.7. The molecule has 0 aliphatic heterocycles. The zero-order valence-electron chi connectivity index (χ0n) is 11.9. The highest BCUT2D eigenvalue weighted by molar-refractivity contribution is 7.99. The molecular weight excluding hydrogens is 300 g/mol. The third kappa shape index (κ3) is 5.57. The van der Waals surface area contributed by atoms with E-state index in [0.717, 1.165) is 10.6 Å². The summed E-state index contributed by atoms with van der Waals surface area (Å²) in [5, 5.41) is 2.71. The van der Waals surface area contributed by atoms with Crippen molar-refractivity contribution in [3.63, 3.8) is 0 Å². The topological polar surface area (TPSA) is 68.3 Å². The second-order valence-electron chi connectivity index (χ2n) is 4.33. The molecular formula is C16H16N2O3S. The summed E-state index contributed by atoms with van der Waals surface area (Å²) >= 11 is 1.65. The fourth-order valence-electron chi connectivity index (χ4n) is 1.63. The summed E-state index contributed by atoms with van der Waals surface area (Å²) < 4.78 is 4.91. The van der Waals surface area contributed by atoms with Crippen LogP contribution in [0.25, 0.3) is 0 Å². The van der Waals surface area contributed by atoms with E-state index in [4.69, 9.17) is 4.74 Å². The molecule has 0 aliphatic carbocycles. The van der Waals surface area contributed by atoms with Crippen LogP contribution in [0.15, 0.2) is 59.8 Å². The molecule has 6 heteroatoms. The molecule has 1 amide bonds. The number of carbonyl (C=O) groups is 2. The van der Waals surface area contributed by atoms with Crippen molar-refractivity contribution in [2.75, 3.05) is 18.9 Å². The van der Waals surface area contributed by atoms with Gasteiger partial charge in [-0.1, -0.05) is 18.2 Å². The first-order chi connectivity index (χ1) is 10.8. The number of ether oxygens (including phenoxy) is 1. The monoisotopic (exact) mass is 316 g/mol. The molecule has 5 nitrogen and oxygen atoms in total. The van der Waals surface area contributed by atoms with Gasteiger partial charge in [0.1, 0.15) is 0 Å². The fourth-order valence-corrected chi connectivity index (χ4v) is 2.41. The summed E-state index contributed by atoms with van der Waals surface area (Å²) in [6, 6.07) is 13.2. The number of rotatable bonds is 7. The number of nitrogens with zero attached hydrogens (tertiary/aromatic N) is 1. The van der Waals surface area contributed by atoms with E-state index < -0.39 is 5.97 Å². The molecule has 0 radical (unpaired) electrons. The van der Waals surface area contributed by atoms with E-state index in [1.807, 2.05) is 30.3 Å². The Kier molecular flexibility index (Phi) is 6.44.